The van der Waals surface area contributed by atoms with Gasteiger partial charge in [0.1, 0.15) is 22.5 Å². The SMILES string of the molecule is Cc1cc(-n2nc3ccc(Cl)cc3n2)c(O)c(C(C)(C)C)c1Cl. The summed E-state index contributed by atoms with van der Waals surface area (Å²) in [4.78, 5) is 1.43. The van der Waals surface area contributed by atoms with Gasteiger partial charge in [0.25, 0.3) is 0 Å². The van der Waals surface area contributed by atoms with Crippen molar-refractivity contribution in [1.82, 2.24) is 15.0 Å². The number of fused-ring (bicyclic) bond motifs is 1. The number of aromatic nitrogens is 3. The number of nitrogens with zero attached hydrogens (tertiary/aromatic N) is 3. The zero-order valence-electron chi connectivity index (χ0n) is 13.4. The van der Waals surface area contributed by atoms with Gasteiger partial charge in [-0.1, -0.05) is 44.0 Å². The second-order valence-corrected chi connectivity index (χ2v) is 7.44. The Bertz CT molecular complexity index is 910. The van der Waals surface area contributed by atoms with E-state index in [-0.39, 0.29) is 11.2 Å². The summed E-state index contributed by atoms with van der Waals surface area (Å²) in [6.07, 6.45) is 0. The minimum atomic E-state index is -0.308. The Labute approximate surface area is 144 Å². The molecule has 1 heterocycles. The van der Waals surface area contributed by atoms with E-state index in [0.29, 0.717) is 32.3 Å². The molecule has 0 spiro atoms. The second kappa shape index (κ2) is 5.39. The van der Waals surface area contributed by atoms with Crippen LogP contribution >= 0.6 is 23.2 Å². The molecule has 3 rings (SSSR count). The van der Waals surface area contributed by atoms with Crippen LogP contribution < -0.4 is 0 Å². The van der Waals surface area contributed by atoms with Crippen molar-refractivity contribution in [2.45, 2.75) is 33.1 Å². The van der Waals surface area contributed by atoms with Crippen molar-refractivity contribution in [3.05, 3.63) is 45.4 Å². The first-order valence-electron chi connectivity index (χ1n) is 7.24. The van der Waals surface area contributed by atoms with Gasteiger partial charge in [-0.25, -0.2) is 0 Å². The number of halogens is 2. The third-order valence-corrected chi connectivity index (χ3v) is 4.43. The van der Waals surface area contributed by atoms with E-state index < -0.39 is 0 Å². The van der Waals surface area contributed by atoms with E-state index in [4.69, 9.17) is 23.2 Å². The van der Waals surface area contributed by atoms with Gasteiger partial charge in [-0.3, -0.25) is 0 Å². The molecule has 0 aliphatic heterocycles. The lowest BCUT2D eigenvalue weighted by atomic mass is 9.85. The van der Waals surface area contributed by atoms with Gasteiger partial charge in [0.2, 0.25) is 0 Å². The zero-order chi connectivity index (χ0) is 16.9. The molecule has 0 bridgehead atoms. The summed E-state index contributed by atoms with van der Waals surface area (Å²) in [7, 11) is 0. The van der Waals surface area contributed by atoms with Crippen LogP contribution in [-0.2, 0) is 5.41 Å². The van der Waals surface area contributed by atoms with Crippen molar-refractivity contribution in [3.8, 4) is 11.4 Å². The Morgan fingerprint density at radius 3 is 2.35 bits per heavy atom. The molecule has 0 atom stereocenters. The predicted molar refractivity (Wildman–Crippen MR) is 94.0 cm³/mol. The molecule has 0 amide bonds. The van der Waals surface area contributed by atoms with Gasteiger partial charge in [0, 0.05) is 10.6 Å². The topological polar surface area (TPSA) is 50.9 Å². The normalized spacial score (nSPS) is 12.1. The number of hydrogen-bond acceptors (Lipinski definition) is 3. The summed E-state index contributed by atoms with van der Waals surface area (Å²) in [5.74, 6) is 0.0968. The average molecular weight is 350 g/mol. The molecular weight excluding hydrogens is 333 g/mol. The average Bonchev–Trinajstić information content (AvgIpc) is 2.84. The standard InChI is InChI=1S/C17H17Cl2N3O/c1-9-7-13(16(23)14(15(9)19)17(2,3)4)22-20-11-6-5-10(18)8-12(11)21-22/h5-8,23H,1-4H3. The molecule has 0 saturated heterocycles. The summed E-state index contributed by atoms with van der Waals surface area (Å²) in [5, 5.41) is 20.8. The highest BCUT2D eigenvalue weighted by Gasteiger charge is 2.26. The van der Waals surface area contributed by atoms with Crippen LogP contribution in [0.5, 0.6) is 5.75 Å². The number of benzene rings is 2. The van der Waals surface area contributed by atoms with Gasteiger partial charge in [0.05, 0.1) is 5.02 Å². The lowest BCUT2D eigenvalue weighted by Crippen LogP contribution is -2.14. The second-order valence-electron chi connectivity index (χ2n) is 6.62. The Morgan fingerprint density at radius 1 is 1.04 bits per heavy atom. The lowest BCUT2D eigenvalue weighted by molar-refractivity contribution is 0.440. The fourth-order valence-electron chi connectivity index (χ4n) is 2.60. The molecule has 0 saturated carbocycles. The molecule has 6 heteroatoms. The molecule has 0 unspecified atom stereocenters. The molecule has 1 aromatic heterocycles. The molecule has 120 valence electrons. The van der Waals surface area contributed by atoms with Gasteiger partial charge < -0.3 is 5.11 Å². The van der Waals surface area contributed by atoms with Crippen LogP contribution in [0.3, 0.4) is 0 Å². The quantitative estimate of drug-likeness (QED) is 0.669. The molecule has 1 N–H and O–H groups in total. The van der Waals surface area contributed by atoms with Crippen LogP contribution in [0.2, 0.25) is 10.0 Å². The molecule has 0 aliphatic carbocycles. The molecule has 0 fully saturated rings. The third kappa shape index (κ3) is 2.77. The Hall–Kier alpha value is -1.78. The van der Waals surface area contributed by atoms with E-state index in [1.54, 1.807) is 24.3 Å². The van der Waals surface area contributed by atoms with Gasteiger partial charge >= 0.3 is 0 Å². The number of phenolic OH excluding ortho intramolecular Hbond substituents is 1. The molecule has 2 aromatic carbocycles. The summed E-state index contributed by atoms with van der Waals surface area (Å²) in [5.41, 5.74) is 3.12. The minimum Gasteiger partial charge on any atom is -0.505 e. The first kappa shape index (κ1) is 16.1. The Kier molecular flexibility index (Phi) is 3.77. The number of hydrogen-bond donors (Lipinski definition) is 1. The molecule has 0 radical (unpaired) electrons. The number of aromatic hydroxyl groups is 1. The maximum Gasteiger partial charge on any atom is 0.148 e. The van der Waals surface area contributed by atoms with Gasteiger partial charge in [0.15, 0.2) is 0 Å². The van der Waals surface area contributed by atoms with Crippen molar-refractivity contribution in [3.63, 3.8) is 0 Å². The number of aryl methyl sites for hydroxylation is 1. The van der Waals surface area contributed by atoms with E-state index in [0.717, 1.165) is 5.56 Å². The fraction of sp³-hybridized carbons (Fsp3) is 0.294. The summed E-state index contributed by atoms with van der Waals surface area (Å²) in [6, 6.07) is 7.08. The van der Waals surface area contributed by atoms with Crippen LogP contribution in [0, 0.1) is 6.92 Å². The van der Waals surface area contributed by atoms with Gasteiger partial charge in [-0.2, -0.15) is 0 Å². The summed E-state index contributed by atoms with van der Waals surface area (Å²) in [6.45, 7) is 7.92. The van der Waals surface area contributed by atoms with Gasteiger partial charge in [-0.15, -0.1) is 15.0 Å². The van der Waals surface area contributed by atoms with Crippen LogP contribution in [0.4, 0.5) is 0 Å². The highest BCUT2D eigenvalue weighted by molar-refractivity contribution is 6.32. The monoisotopic (exact) mass is 349 g/mol. The summed E-state index contributed by atoms with van der Waals surface area (Å²) < 4.78 is 0. The van der Waals surface area contributed by atoms with Crippen LogP contribution in [0.1, 0.15) is 31.9 Å². The van der Waals surface area contributed by atoms with E-state index in [9.17, 15) is 5.11 Å². The van der Waals surface area contributed by atoms with Gasteiger partial charge in [-0.05, 0) is 42.2 Å². The highest BCUT2D eigenvalue weighted by Crippen LogP contribution is 2.41. The van der Waals surface area contributed by atoms with E-state index in [2.05, 4.69) is 10.2 Å². The van der Waals surface area contributed by atoms with Crippen LogP contribution in [0.15, 0.2) is 24.3 Å². The minimum absolute atomic E-state index is 0.0968. The van der Waals surface area contributed by atoms with E-state index >= 15 is 0 Å². The fourth-order valence-corrected chi connectivity index (χ4v) is 3.19. The Morgan fingerprint density at radius 2 is 1.70 bits per heavy atom. The van der Waals surface area contributed by atoms with E-state index in [1.807, 2.05) is 27.7 Å². The molecule has 23 heavy (non-hydrogen) atoms. The van der Waals surface area contributed by atoms with Crippen molar-refractivity contribution >= 4 is 34.2 Å². The molecule has 0 aliphatic rings. The number of phenols is 1. The first-order valence-corrected chi connectivity index (χ1v) is 7.99. The van der Waals surface area contributed by atoms with E-state index in [1.165, 1.54) is 4.80 Å². The van der Waals surface area contributed by atoms with Crippen LogP contribution in [0.25, 0.3) is 16.7 Å². The zero-order valence-corrected chi connectivity index (χ0v) is 14.9. The largest absolute Gasteiger partial charge is 0.505 e. The smallest absolute Gasteiger partial charge is 0.148 e. The van der Waals surface area contributed by atoms with Crippen molar-refractivity contribution < 1.29 is 5.11 Å². The lowest BCUT2D eigenvalue weighted by Gasteiger charge is -2.24. The van der Waals surface area contributed by atoms with Crippen molar-refractivity contribution in [1.29, 1.82) is 0 Å². The first-order chi connectivity index (χ1) is 10.7. The maximum atomic E-state index is 10.8. The van der Waals surface area contributed by atoms with Crippen LogP contribution in [-0.4, -0.2) is 20.1 Å². The molecule has 3 aromatic rings. The molecule has 4 nitrogen and oxygen atoms in total. The maximum absolute atomic E-state index is 10.8. The third-order valence-electron chi connectivity index (χ3n) is 3.71. The predicted octanol–water partition coefficient (Wildman–Crippen LogP) is 5.04. The molecular formula is C17H17Cl2N3O. The van der Waals surface area contributed by atoms with Crippen molar-refractivity contribution in [2.75, 3.05) is 0 Å². The van der Waals surface area contributed by atoms with Crippen molar-refractivity contribution in [2.24, 2.45) is 0 Å². The number of rotatable bonds is 1. The Balaban J connectivity index is 2.28. The highest BCUT2D eigenvalue weighted by atomic mass is 35.5. The summed E-state index contributed by atoms with van der Waals surface area (Å²) >= 11 is 12.4.